The van der Waals surface area contributed by atoms with Crippen LogP contribution in [0.1, 0.15) is 32.1 Å². The third-order valence-corrected chi connectivity index (χ3v) is 2.52. The van der Waals surface area contributed by atoms with Crippen molar-refractivity contribution in [2.45, 2.75) is 38.1 Å². The summed E-state index contributed by atoms with van der Waals surface area (Å²) in [6, 6.07) is 0.357. The number of nitrogens with one attached hydrogen (secondary N) is 2. The average Bonchev–Trinajstić information content (AvgIpc) is 2.06. The van der Waals surface area contributed by atoms with Crippen LogP contribution in [-0.2, 0) is 0 Å². The Bertz CT molecular complexity index is 134. The Morgan fingerprint density at radius 2 is 1.91 bits per heavy atom. The molecule has 64 valence electrons. The third kappa shape index (κ3) is 3.27. The lowest BCUT2D eigenvalue weighted by Crippen LogP contribution is -2.39. The van der Waals surface area contributed by atoms with E-state index in [1.165, 1.54) is 19.3 Å². The van der Waals surface area contributed by atoms with Crippen molar-refractivity contribution in [1.29, 1.82) is 0 Å². The van der Waals surface area contributed by atoms with Gasteiger partial charge in [-0.2, -0.15) is 0 Å². The molecule has 0 bridgehead atoms. The van der Waals surface area contributed by atoms with Crippen LogP contribution in [0.2, 0.25) is 0 Å². The molecule has 0 unspecified atom stereocenters. The van der Waals surface area contributed by atoms with Gasteiger partial charge in [0, 0.05) is 6.04 Å². The molecule has 0 heterocycles. The molecule has 0 aromatic carbocycles. The highest BCUT2D eigenvalue weighted by molar-refractivity contribution is 14.1. The molecule has 2 N–H and O–H groups in total. The highest BCUT2D eigenvalue weighted by atomic mass is 127. The van der Waals surface area contributed by atoms with Crippen LogP contribution in [0.25, 0.3) is 0 Å². The number of halogens is 1. The van der Waals surface area contributed by atoms with E-state index in [1.807, 2.05) is 22.9 Å². The van der Waals surface area contributed by atoms with Crippen LogP contribution in [0.3, 0.4) is 0 Å². The Hall–Kier alpha value is -0.0000000000000000555. The fraction of sp³-hybridized carbons (Fsp3) is 0.857. The van der Waals surface area contributed by atoms with Crippen molar-refractivity contribution in [3.05, 3.63) is 0 Å². The smallest absolute Gasteiger partial charge is 0.323 e. The average molecular weight is 268 g/mol. The number of urea groups is 1. The molecule has 1 fully saturated rings. The summed E-state index contributed by atoms with van der Waals surface area (Å²) in [6.45, 7) is 0. The van der Waals surface area contributed by atoms with E-state index in [2.05, 4.69) is 8.85 Å². The predicted molar refractivity (Wildman–Crippen MR) is 52.6 cm³/mol. The number of hydrogen-bond acceptors (Lipinski definition) is 1. The largest absolute Gasteiger partial charge is 0.335 e. The summed E-state index contributed by atoms with van der Waals surface area (Å²) in [6.07, 6.45) is 6.12. The van der Waals surface area contributed by atoms with E-state index in [4.69, 9.17) is 0 Å². The first-order chi connectivity index (χ1) is 5.33. The standard InChI is InChI=1S/C7H13IN2O/c8-10-7(11)9-6-4-2-1-3-5-6/h6H,1-5H2,(H2,9,10,11). The number of hydrogen-bond donors (Lipinski definition) is 2. The van der Waals surface area contributed by atoms with Crippen LogP contribution in [-0.4, -0.2) is 12.1 Å². The fourth-order valence-electron chi connectivity index (χ4n) is 1.46. The van der Waals surface area contributed by atoms with Crippen LogP contribution in [0.5, 0.6) is 0 Å². The minimum Gasteiger partial charge on any atom is -0.335 e. The van der Waals surface area contributed by atoms with Gasteiger partial charge in [0.2, 0.25) is 0 Å². The van der Waals surface area contributed by atoms with Crippen molar-refractivity contribution >= 4 is 28.9 Å². The van der Waals surface area contributed by atoms with Crippen molar-refractivity contribution in [3.8, 4) is 0 Å². The quantitative estimate of drug-likeness (QED) is 0.554. The van der Waals surface area contributed by atoms with Crippen molar-refractivity contribution < 1.29 is 4.79 Å². The summed E-state index contributed by atoms with van der Waals surface area (Å²) in [4.78, 5) is 10.9. The molecule has 1 saturated carbocycles. The first-order valence-electron chi connectivity index (χ1n) is 4.00. The van der Waals surface area contributed by atoms with Crippen molar-refractivity contribution in [2.75, 3.05) is 0 Å². The molecule has 1 rings (SSSR count). The zero-order valence-electron chi connectivity index (χ0n) is 6.40. The maximum Gasteiger partial charge on any atom is 0.323 e. The molecule has 2 amide bonds. The normalized spacial score (nSPS) is 19.4. The van der Waals surface area contributed by atoms with E-state index in [0.717, 1.165) is 12.8 Å². The highest BCUT2D eigenvalue weighted by Crippen LogP contribution is 2.16. The van der Waals surface area contributed by atoms with Crippen molar-refractivity contribution in [2.24, 2.45) is 0 Å². The summed E-state index contributed by atoms with van der Waals surface area (Å²) in [5.41, 5.74) is 0. The van der Waals surface area contributed by atoms with Crippen LogP contribution in [0.15, 0.2) is 0 Å². The summed E-state index contributed by atoms with van der Waals surface area (Å²) >= 11 is 1.85. The van der Waals surface area contributed by atoms with Crippen LogP contribution >= 0.6 is 22.9 Å². The second-order valence-corrected chi connectivity index (χ2v) is 3.44. The Balaban J connectivity index is 2.19. The first-order valence-corrected chi connectivity index (χ1v) is 5.08. The molecule has 1 aliphatic rings. The van der Waals surface area contributed by atoms with Crippen molar-refractivity contribution in [1.82, 2.24) is 8.85 Å². The molecule has 0 aromatic heterocycles. The van der Waals surface area contributed by atoms with E-state index in [1.54, 1.807) is 0 Å². The number of carbonyl (C=O) groups is 1. The van der Waals surface area contributed by atoms with E-state index >= 15 is 0 Å². The summed E-state index contributed by atoms with van der Waals surface area (Å²) in [5, 5.41) is 2.91. The molecule has 11 heavy (non-hydrogen) atoms. The molecule has 0 aromatic rings. The maximum absolute atomic E-state index is 10.9. The van der Waals surface area contributed by atoms with Gasteiger partial charge < -0.3 is 5.32 Å². The highest BCUT2D eigenvalue weighted by Gasteiger charge is 2.14. The lowest BCUT2D eigenvalue weighted by molar-refractivity contribution is 0.239. The third-order valence-electron chi connectivity index (χ3n) is 2.03. The molecule has 4 heteroatoms. The molecular formula is C7H13IN2O. The minimum atomic E-state index is -0.0579. The lowest BCUT2D eigenvalue weighted by atomic mass is 9.96. The van der Waals surface area contributed by atoms with E-state index in [0.29, 0.717) is 6.04 Å². The van der Waals surface area contributed by atoms with Gasteiger partial charge in [-0.15, -0.1) is 0 Å². The van der Waals surface area contributed by atoms with Gasteiger partial charge in [-0.1, -0.05) is 19.3 Å². The molecule has 0 radical (unpaired) electrons. The molecule has 0 spiro atoms. The zero-order chi connectivity index (χ0) is 8.10. The van der Waals surface area contributed by atoms with Gasteiger partial charge in [-0.3, -0.25) is 3.53 Å². The monoisotopic (exact) mass is 268 g/mol. The van der Waals surface area contributed by atoms with Gasteiger partial charge in [-0.05, 0) is 12.8 Å². The van der Waals surface area contributed by atoms with Gasteiger partial charge in [0.15, 0.2) is 0 Å². The molecule has 0 saturated heterocycles. The summed E-state index contributed by atoms with van der Waals surface area (Å²) in [7, 11) is 0. The Morgan fingerprint density at radius 3 is 2.45 bits per heavy atom. The van der Waals surface area contributed by atoms with Crippen molar-refractivity contribution in [3.63, 3.8) is 0 Å². The van der Waals surface area contributed by atoms with E-state index in [-0.39, 0.29) is 6.03 Å². The first kappa shape index (κ1) is 9.09. The SMILES string of the molecule is O=C(NI)NC1CCCCC1. The minimum absolute atomic E-state index is 0.0579. The molecule has 0 aliphatic heterocycles. The van der Waals surface area contributed by atoms with E-state index < -0.39 is 0 Å². The van der Waals surface area contributed by atoms with Gasteiger partial charge >= 0.3 is 6.03 Å². The fourth-order valence-corrected chi connectivity index (χ4v) is 1.62. The number of rotatable bonds is 1. The van der Waals surface area contributed by atoms with Gasteiger partial charge in [-0.25, -0.2) is 4.79 Å². The maximum atomic E-state index is 10.9. The lowest BCUT2D eigenvalue weighted by Gasteiger charge is -2.21. The second-order valence-electron chi connectivity index (χ2n) is 2.90. The van der Waals surface area contributed by atoms with Crippen LogP contribution in [0, 0.1) is 0 Å². The molecule has 0 atom stereocenters. The number of carbonyl (C=O) groups excluding carboxylic acids is 1. The Kier molecular flexibility index (Phi) is 3.96. The molecular weight excluding hydrogens is 255 g/mol. The van der Waals surface area contributed by atoms with Crippen LogP contribution < -0.4 is 8.85 Å². The predicted octanol–water partition coefficient (Wildman–Crippen LogP) is 1.97. The Labute approximate surface area is 80.8 Å². The zero-order valence-corrected chi connectivity index (χ0v) is 8.56. The van der Waals surface area contributed by atoms with Gasteiger partial charge in [0.1, 0.15) is 0 Å². The van der Waals surface area contributed by atoms with Gasteiger partial charge in [0.25, 0.3) is 0 Å². The summed E-state index contributed by atoms with van der Waals surface area (Å²) in [5.74, 6) is 0. The Morgan fingerprint density at radius 1 is 1.27 bits per heavy atom. The van der Waals surface area contributed by atoms with Gasteiger partial charge in [0.05, 0.1) is 22.9 Å². The molecule has 1 aliphatic carbocycles. The second kappa shape index (κ2) is 4.79. The van der Waals surface area contributed by atoms with Crippen LogP contribution in [0.4, 0.5) is 4.79 Å². The molecule has 3 nitrogen and oxygen atoms in total. The van der Waals surface area contributed by atoms with E-state index in [9.17, 15) is 4.79 Å². The topological polar surface area (TPSA) is 41.1 Å². The number of amides is 2. The summed E-state index contributed by atoms with van der Waals surface area (Å²) < 4.78 is 2.53.